The molecule has 9 heteroatoms. The Morgan fingerprint density at radius 1 is 1.00 bits per heavy atom. The topological polar surface area (TPSA) is 105 Å². The van der Waals surface area contributed by atoms with Crippen molar-refractivity contribution in [2.45, 2.75) is 50.5 Å². The number of hydrogen-bond donors (Lipinski definition) is 5. The fourth-order valence-electron chi connectivity index (χ4n) is 4.50. The van der Waals surface area contributed by atoms with Crippen LogP contribution >= 0.6 is 31.9 Å². The van der Waals surface area contributed by atoms with E-state index in [1.807, 2.05) is 18.2 Å². The summed E-state index contributed by atoms with van der Waals surface area (Å²) in [5, 5.41) is 31.2. The van der Waals surface area contributed by atoms with Gasteiger partial charge in [0.05, 0.1) is 24.5 Å². The first-order valence-electron chi connectivity index (χ1n) is 12.3. The van der Waals surface area contributed by atoms with Crippen LogP contribution in [0.5, 0.6) is 0 Å². The Labute approximate surface area is 225 Å². The average molecular weight is 614 g/mol. The fourth-order valence-corrected chi connectivity index (χ4v) is 5.82. The van der Waals surface area contributed by atoms with Gasteiger partial charge in [-0.3, -0.25) is 4.90 Å². The molecular weight excluding hydrogens is 576 g/mol. The summed E-state index contributed by atoms with van der Waals surface area (Å²) in [4.78, 5) is 4.54. The summed E-state index contributed by atoms with van der Waals surface area (Å²) < 4.78 is 1.95. The van der Waals surface area contributed by atoms with Crippen LogP contribution in [0, 0.1) is 0 Å². The molecular formula is C26H38Br2N4O3. The highest BCUT2D eigenvalue weighted by Crippen LogP contribution is 2.28. The van der Waals surface area contributed by atoms with Gasteiger partial charge in [0.2, 0.25) is 0 Å². The molecule has 0 spiro atoms. The Hall–Kier alpha value is -1.20. The predicted octanol–water partition coefficient (Wildman–Crippen LogP) is 3.35. The molecule has 4 rings (SSSR count). The second-order valence-corrected chi connectivity index (χ2v) is 11.1. The second-order valence-electron chi connectivity index (χ2n) is 9.31. The number of piperazine rings is 1. The molecule has 6 N–H and O–H groups in total. The molecule has 194 valence electrons. The van der Waals surface area contributed by atoms with Gasteiger partial charge < -0.3 is 31.3 Å². The Bertz CT molecular complexity index is 890. The van der Waals surface area contributed by atoms with Gasteiger partial charge >= 0.3 is 0 Å². The van der Waals surface area contributed by atoms with E-state index in [0.29, 0.717) is 12.6 Å². The molecule has 0 amide bonds. The first-order chi connectivity index (χ1) is 16.9. The van der Waals surface area contributed by atoms with E-state index >= 15 is 0 Å². The molecule has 7 nitrogen and oxygen atoms in total. The monoisotopic (exact) mass is 612 g/mol. The molecule has 2 aromatic carbocycles. The van der Waals surface area contributed by atoms with Crippen molar-refractivity contribution in [1.29, 1.82) is 0 Å². The van der Waals surface area contributed by atoms with E-state index in [-0.39, 0.29) is 12.7 Å². The Kier molecular flexibility index (Phi) is 11.8. The van der Waals surface area contributed by atoms with Crippen LogP contribution in [0.3, 0.4) is 0 Å². The van der Waals surface area contributed by atoms with Gasteiger partial charge in [-0.2, -0.15) is 0 Å². The summed E-state index contributed by atoms with van der Waals surface area (Å²) in [6, 6.07) is 14.9. The second kappa shape index (κ2) is 14.5. The smallest absolute Gasteiger partial charge is 0.0897 e. The molecule has 1 saturated carbocycles. The standard InChI is InChI=1S/C13H18Br2N2O.C13H20N2O2/c14-9-5-8(13(16)12(15)6-9)7-17-10-1-3-11(18)4-2-10;16-11-13(17)10-14-6-8-15(9-7-14)12-4-2-1-3-5-12/h5-6,10-11,17-18H,1-4,7,16H2;1-5,13,16-17H,6-11H2/t;13-/m.0/s1. The Morgan fingerprint density at radius 3 is 2.29 bits per heavy atom. The van der Waals surface area contributed by atoms with E-state index in [1.54, 1.807) is 0 Å². The molecule has 1 heterocycles. The molecule has 0 unspecified atom stereocenters. The van der Waals surface area contributed by atoms with Crippen molar-refractivity contribution in [3.63, 3.8) is 0 Å². The van der Waals surface area contributed by atoms with Crippen LogP contribution in [0.15, 0.2) is 51.4 Å². The van der Waals surface area contributed by atoms with Crippen molar-refractivity contribution >= 4 is 43.2 Å². The number of benzene rings is 2. The third-order valence-electron chi connectivity index (χ3n) is 6.63. The van der Waals surface area contributed by atoms with Crippen molar-refractivity contribution in [2.24, 2.45) is 0 Å². The summed E-state index contributed by atoms with van der Waals surface area (Å²) in [6.07, 6.45) is 3.16. The molecule has 0 aromatic heterocycles. The first kappa shape index (κ1) is 28.4. The molecule has 2 fully saturated rings. The summed E-state index contributed by atoms with van der Waals surface area (Å²) in [5.41, 5.74) is 9.19. The van der Waals surface area contributed by atoms with Crippen LogP contribution in [0.2, 0.25) is 0 Å². The summed E-state index contributed by atoms with van der Waals surface area (Å²) in [5.74, 6) is 0. The van der Waals surface area contributed by atoms with Gasteiger partial charge in [-0.05, 0) is 71.4 Å². The van der Waals surface area contributed by atoms with Crippen molar-refractivity contribution < 1.29 is 15.3 Å². The van der Waals surface area contributed by atoms with Crippen LogP contribution < -0.4 is 16.0 Å². The van der Waals surface area contributed by atoms with Gasteiger partial charge in [-0.1, -0.05) is 34.1 Å². The number of nitrogens with one attached hydrogen (secondary N) is 1. The summed E-state index contributed by atoms with van der Waals surface area (Å²) in [7, 11) is 0. The Morgan fingerprint density at radius 2 is 1.66 bits per heavy atom. The molecule has 35 heavy (non-hydrogen) atoms. The number of nitrogens with two attached hydrogens (primary N) is 1. The number of nitrogen functional groups attached to an aromatic ring is 1. The number of hydrogen-bond acceptors (Lipinski definition) is 7. The lowest BCUT2D eigenvalue weighted by molar-refractivity contribution is 0.0575. The molecule has 1 aliphatic heterocycles. The van der Waals surface area contributed by atoms with Crippen LogP contribution in [-0.4, -0.2) is 77.8 Å². The van der Waals surface area contributed by atoms with Gasteiger partial charge in [0, 0.05) is 59.9 Å². The van der Waals surface area contributed by atoms with Crippen molar-refractivity contribution in [2.75, 3.05) is 50.0 Å². The average Bonchev–Trinajstić information content (AvgIpc) is 2.87. The molecule has 1 atom stereocenters. The van der Waals surface area contributed by atoms with Gasteiger partial charge in [-0.25, -0.2) is 0 Å². The number of aliphatic hydroxyl groups excluding tert-OH is 3. The van der Waals surface area contributed by atoms with E-state index in [1.165, 1.54) is 5.69 Å². The minimum Gasteiger partial charge on any atom is -0.398 e. The maximum absolute atomic E-state index is 9.47. The zero-order valence-corrected chi connectivity index (χ0v) is 23.3. The normalized spacial score (nSPS) is 21.8. The highest BCUT2D eigenvalue weighted by atomic mass is 79.9. The van der Waals surface area contributed by atoms with E-state index in [4.69, 9.17) is 10.8 Å². The van der Waals surface area contributed by atoms with Crippen LogP contribution in [0.25, 0.3) is 0 Å². The molecule has 0 radical (unpaired) electrons. The predicted molar refractivity (Wildman–Crippen MR) is 150 cm³/mol. The highest BCUT2D eigenvalue weighted by Gasteiger charge is 2.20. The fraction of sp³-hybridized carbons (Fsp3) is 0.538. The number of β-amino-alcohol motifs (C(OH)–C–C–N with tert-alkyl or cyclic N) is 1. The van der Waals surface area contributed by atoms with Gasteiger partial charge in [0.25, 0.3) is 0 Å². The molecule has 0 bridgehead atoms. The van der Waals surface area contributed by atoms with E-state index < -0.39 is 6.10 Å². The lowest BCUT2D eigenvalue weighted by Crippen LogP contribution is -2.49. The molecule has 2 aliphatic rings. The molecule has 1 saturated heterocycles. The van der Waals surface area contributed by atoms with E-state index in [9.17, 15) is 10.2 Å². The SMILES string of the molecule is Nc1c(Br)cc(Br)cc1CNC1CCC(O)CC1.OC[C@@H](O)CN1CCN(c2ccccc2)CC1. The maximum Gasteiger partial charge on any atom is 0.0897 e. The lowest BCUT2D eigenvalue weighted by Gasteiger charge is -2.36. The lowest BCUT2D eigenvalue weighted by atomic mass is 9.93. The molecule has 1 aliphatic carbocycles. The third-order valence-corrected chi connectivity index (χ3v) is 7.75. The number of nitrogens with zero attached hydrogens (tertiary/aromatic N) is 2. The number of anilines is 2. The zero-order valence-electron chi connectivity index (χ0n) is 20.1. The first-order valence-corrected chi connectivity index (χ1v) is 13.9. The van der Waals surface area contributed by atoms with E-state index in [2.05, 4.69) is 71.2 Å². The zero-order chi connectivity index (χ0) is 25.2. The van der Waals surface area contributed by atoms with E-state index in [0.717, 1.165) is 78.6 Å². The third kappa shape index (κ3) is 9.31. The van der Waals surface area contributed by atoms with Crippen LogP contribution in [-0.2, 0) is 6.54 Å². The minimum absolute atomic E-state index is 0.104. The number of halogens is 2. The number of rotatable bonds is 7. The Balaban J connectivity index is 0.000000196. The van der Waals surface area contributed by atoms with Crippen LogP contribution in [0.1, 0.15) is 31.2 Å². The number of para-hydroxylation sites is 1. The summed E-state index contributed by atoms with van der Waals surface area (Å²) >= 11 is 6.93. The van der Waals surface area contributed by atoms with Crippen molar-refractivity contribution in [3.8, 4) is 0 Å². The minimum atomic E-state index is -0.613. The highest BCUT2D eigenvalue weighted by molar-refractivity contribution is 9.11. The largest absolute Gasteiger partial charge is 0.398 e. The van der Waals surface area contributed by atoms with Gasteiger partial charge in [-0.15, -0.1) is 0 Å². The quantitative estimate of drug-likeness (QED) is 0.305. The summed E-state index contributed by atoms with van der Waals surface area (Å²) in [6.45, 7) is 5.00. The van der Waals surface area contributed by atoms with Crippen molar-refractivity contribution in [3.05, 3.63) is 57.0 Å². The van der Waals surface area contributed by atoms with Gasteiger partial charge in [0.15, 0.2) is 0 Å². The van der Waals surface area contributed by atoms with Crippen LogP contribution in [0.4, 0.5) is 11.4 Å². The maximum atomic E-state index is 9.47. The molecule has 2 aromatic rings. The van der Waals surface area contributed by atoms with Crippen molar-refractivity contribution in [1.82, 2.24) is 10.2 Å². The number of aliphatic hydroxyl groups is 3. The van der Waals surface area contributed by atoms with Gasteiger partial charge in [0.1, 0.15) is 0 Å².